The second kappa shape index (κ2) is 6.36. The maximum Gasteiger partial charge on any atom is 0.416 e. The summed E-state index contributed by atoms with van der Waals surface area (Å²) in [7, 11) is 0.973. The lowest BCUT2D eigenvalue weighted by Crippen LogP contribution is -2.44. The first-order valence-corrected chi connectivity index (χ1v) is 6.62. The van der Waals surface area contributed by atoms with E-state index in [0.717, 1.165) is 7.11 Å². The van der Waals surface area contributed by atoms with Gasteiger partial charge < -0.3 is 10.2 Å². The molecule has 1 aromatic carbocycles. The highest BCUT2D eigenvalue weighted by atomic mass is 19.4. The zero-order chi connectivity index (χ0) is 17.2. The van der Waals surface area contributed by atoms with Crippen LogP contribution in [0.25, 0.3) is 0 Å². The van der Waals surface area contributed by atoms with Gasteiger partial charge in [-0.2, -0.15) is 13.2 Å². The van der Waals surface area contributed by atoms with Gasteiger partial charge in [0.1, 0.15) is 0 Å². The van der Waals surface area contributed by atoms with Crippen molar-refractivity contribution in [1.29, 1.82) is 0 Å². The molecule has 2 rings (SSSR count). The molecule has 0 spiro atoms. The second-order valence-electron chi connectivity index (χ2n) is 4.79. The van der Waals surface area contributed by atoms with E-state index in [9.17, 15) is 28.2 Å². The molecule has 0 bridgehead atoms. The van der Waals surface area contributed by atoms with E-state index in [1.165, 1.54) is 4.90 Å². The van der Waals surface area contributed by atoms with Gasteiger partial charge in [-0.3, -0.25) is 10.1 Å². The Morgan fingerprint density at radius 2 is 1.78 bits per heavy atom. The highest BCUT2D eigenvalue weighted by molar-refractivity contribution is 5.76. The van der Waals surface area contributed by atoms with Gasteiger partial charge >= 0.3 is 11.9 Å². The minimum absolute atomic E-state index is 0.153. The highest BCUT2D eigenvalue weighted by Gasteiger charge is 2.41. The molecule has 126 valence electrons. The van der Waals surface area contributed by atoms with Crippen molar-refractivity contribution in [2.45, 2.75) is 6.18 Å². The average molecular weight is 335 g/mol. The summed E-state index contributed by atoms with van der Waals surface area (Å²) in [5, 5.41) is 14.3. The van der Waals surface area contributed by atoms with Crippen molar-refractivity contribution in [3.8, 4) is 0 Å². The number of piperazine rings is 1. The molecule has 0 aliphatic carbocycles. The van der Waals surface area contributed by atoms with E-state index in [0.29, 0.717) is 38.3 Å². The lowest BCUT2D eigenvalue weighted by molar-refractivity contribution is -0.736. The number of nitro benzene ring substituents is 1. The first-order valence-electron chi connectivity index (χ1n) is 6.62. The minimum atomic E-state index is -4.82. The number of hydrogen-bond acceptors (Lipinski definition) is 6. The fraction of sp³-hybridized carbons (Fsp3) is 0.500. The third kappa shape index (κ3) is 3.50. The maximum absolute atomic E-state index is 12.9. The molecule has 1 fully saturated rings. The molecule has 0 saturated carbocycles. The summed E-state index contributed by atoms with van der Waals surface area (Å²) in [5.74, 6) is 0. The van der Waals surface area contributed by atoms with E-state index in [2.05, 4.69) is 10.2 Å². The molecule has 0 aromatic heterocycles. The number of benzene rings is 1. The van der Waals surface area contributed by atoms with Crippen molar-refractivity contribution >= 4 is 17.1 Å². The van der Waals surface area contributed by atoms with Gasteiger partial charge in [-0.05, 0) is 0 Å². The van der Waals surface area contributed by atoms with Gasteiger partial charge in [0, 0.05) is 38.3 Å². The fourth-order valence-electron chi connectivity index (χ4n) is 2.36. The third-order valence-electron chi connectivity index (χ3n) is 3.39. The molecule has 23 heavy (non-hydrogen) atoms. The van der Waals surface area contributed by atoms with E-state index >= 15 is 0 Å². The van der Waals surface area contributed by atoms with Crippen LogP contribution in [0, 0.1) is 15.0 Å². The van der Waals surface area contributed by atoms with Gasteiger partial charge in [0.05, 0.1) is 15.4 Å². The Balaban J connectivity index is 2.69. The predicted molar refractivity (Wildman–Crippen MR) is 73.5 cm³/mol. The lowest BCUT2D eigenvalue weighted by atomic mass is 10.1. The standard InChI is InChI=1S/C12H14F3N4O4/c1-23-19(22)10-7-8(12(13,14)15)6-9(18(20)21)11(10)17-4-2-16-3-5-17/h6-7,16H,2-5H2,1H3/q+1. The van der Waals surface area contributed by atoms with Crippen molar-refractivity contribution < 1.29 is 27.9 Å². The Morgan fingerprint density at radius 1 is 1.22 bits per heavy atom. The quantitative estimate of drug-likeness (QED) is 0.669. The average Bonchev–Trinajstić information content (AvgIpc) is 2.52. The molecule has 0 amide bonds. The largest absolute Gasteiger partial charge is 0.416 e. The highest BCUT2D eigenvalue weighted by Crippen LogP contribution is 2.43. The van der Waals surface area contributed by atoms with Crippen LogP contribution in [0.5, 0.6) is 0 Å². The van der Waals surface area contributed by atoms with Crippen molar-refractivity contribution in [1.82, 2.24) is 5.32 Å². The van der Waals surface area contributed by atoms with Crippen LogP contribution in [0.3, 0.4) is 0 Å². The van der Waals surface area contributed by atoms with Crippen LogP contribution in [-0.2, 0) is 11.0 Å². The predicted octanol–water partition coefficient (Wildman–Crippen LogP) is 2.00. The molecular formula is C12H14F3N4O4+. The number of halogens is 3. The van der Waals surface area contributed by atoms with E-state index in [1.807, 2.05) is 0 Å². The maximum atomic E-state index is 12.9. The van der Waals surface area contributed by atoms with Crippen LogP contribution in [0.15, 0.2) is 12.1 Å². The number of nitrogens with one attached hydrogen (secondary N) is 1. The first-order chi connectivity index (χ1) is 10.8. The van der Waals surface area contributed by atoms with Crippen LogP contribution >= 0.6 is 0 Å². The molecule has 0 radical (unpaired) electrons. The number of nitrogens with zero attached hydrogens (tertiary/aromatic N) is 3. The molecule has 1 aliphatic rings. The summed E-state index contributed by atoms with van der Waals surface area (Å²) >= 11 is 0. The molecule has 1 aromatic rings. The Hall–Kier alpha value is -2.43. The molecule has 1 heterocycles. The monoisotopic (exact) mass is 335 g/mol. The summed E-state index contributed by atoms with van der Waals surface area (Å²) < 4.78 is 38.8. The van der Waals surface area contributed by atoms with Gasteiger partial charge in [0.2, 0.25) is 0 Å². The van der Waals surface area contributed by atoms with Crippen LogP contribution in [0.2, 0.25) is 0 Å². The topological polar surface area (TPSA) is 87.7 Å². The van der Waals surface area contributed by atoms with Gasteiger partial charge in [0.15, 0.2) is 12.8 Å². The van der Waals surface area contributed by atoms with Gasteiger partial charge in [-0.1, -0.05) is 0 Å². The smallest absolute Gasteiger partial charge is 0.358 e. The van der Waals surface area contributed by atoms with Crippen molar-refractivity contribution in [2.75, 3.05) is 38.2 Å². The number of anilines is 1. The fourth-order valence-corrected chi connectivity index (χ4v) is 2.36. The zero-order valence-electron chi connectivity index (χ0n) is 12.1. The molecule has 1 N–H and O–H groups in total. The van der Waals surface area contributed by atoms with Gasteiger partial charge in [0.25, 0.3) is 10.6 Å². The third-order valence-corrected chi connectivity index (χ3v) is 3.39. The molecule has 0 atom stereocenters. The van der Waals surface area contributed by atoms with Crippen LogP contribution in [0.4, 0.5) is 30.2 Å². The first kappa shape index (κ1) is 16.9. The van der Waals surface area contributed by atoms with Gasteiger partial charge in [-0.15, -0.1) is 0 Å². The summed E-state index contributed by atoms with van der Waals surface area (Å²) in [6.45, 7) is 1.61. The number of rotatable bonds is 4. The summed E-state index contributed by atoms with van der Waals surface area (Å²) in [5.41, 5.74) is -2.79. The number of nitro groups is 1. The van der Waals surface area contributed by atoms with Crippen LogP contribution < -0.4 is 10.2 Å². The minimum Gasteiger partial charge on any atom is -0.358 e. The molecule has 8 nitrogen and oxygen atoms in total. The summed E-state index contributed by atoms with van der Waals surface area (Å²) in [6, 6.07) is 0.991. The van der Waals surface area contributed by atoms with E-state index in [4.69, 9.17) is 0 Å². The van der Waals surface area contributed by atoms with Crippen molar-refractivity contribution in [2.24, 2.45) is 0 Å². The van der Waals surface area contributed by atoms with E-state index in [-0.39, 0.29) is 10.6 Å². The Labute approximate surface area is 128 Å². The van der Waals surface area contributed by atoms with Crippen LogP contribution in [-0.4, -0.2) is 43.1 Å². The lowest BCUT2D eigenvalue weighted by Gasteiger charge is -2.28. The second-order valence-corrected chi connectivity index (χ2v) is 4.79. The Kier molecular flexibility index (Phi) is 4.68. The van der Waals surface area contributed by atoms with E-state index < -0.39 is 28.0 Å². The number of alkyl halides is 3. The molecule has 1 aliphatic heterocycles. The van der Waals surface area contributed by atoms with Crippen molar-refractivity contribution in [3.63, 3.8) is 0 Å². The Morgan fingerprint density at radius 3 is 2.26 bits per heavy atom. The summed E-state index contributed by atoms with van der Waals surface area (Å²) in [6.07, 6.45) is -4.82. The van der Waals surface area contributed by atoms with Crippen LogP contribution in [0.1, 0.15) is 5.56 Å². The molecular weight excluding hydrogens is 321 g/mol. The normalized spacial score (nSPS) is 15.4. The Bertz CT molecular complexity index is 629. The molecule has 1 saturated heterocycles. The zero-order valence-corrected chi connectivity index (χ0v) is 12.1. The van der Waals surface area contributed by atoms with Crippen molar-refractivity contribution in [3.05, 3.63) is 32.7 Å². The number of hydrogen-bond donors (Lipinski definition) is 1. The summed E-state index contributed by atoms with van der Waals surface area (Å²) in [4.78, 5) is 27.9. The molecule has 0 unspecified atom stereocenters. The van der Waals surface area contributed by atoms with Gasteiger partial charge in [-0.25, -0.2) is 4.84 Å². The SMILES string of the molecule is CO[N+](=O)c1cc(C(F)(F)F)cc([N+](=O)[O-])c1N1CCNCC1. The van der Waals surface area contributed by atoms with E-state index in [1.54, 1.807) is 0 Å². The molecule has 11 heteroatoms.